The number of Topliss-reactive ketones (excluding diaryl/α,β-unsaturated/α-hetero) is 1. The fourth-order valence-corrected chi connectivity index (χ4v) is 13.8. The lowest BCUT2D eigenvalue weighted by molar-refractivity contribution is -0.171. The van der Waals surface area contributed by atoms with Gasteiger partial charge in [0.25, 0.3) is 11.8 Å². The molecule has 206 valence electrons. The number of carbonyl (C=O) groups is 3. The predicted octanol–water partition coefficient (Wildman–Crippen LogP) is 0.253. The summed E-state index contributed by atoms with van der Waals surface area (Å²) in [4.78, 5) is 41.5. The second-order valence-electron chi connectivity index (χ2n) is 11.9. The van der Waals surface area contributed by atoms with Crippen molar-refractivity contribution in [2.75, 3.05) is 5.32 Å². The lowest BCUT2D eigenvalue weighted by Crippen LogP contribution is -2.76. The molecule has 3 unspecified atom stereocenters. The summed E-state index contributed by atoms with van der Waals surface area (Å²) in [5.41, 5.74) is -4.16. The summed E-state index contributed by atoms with van der Waals surface area (Å²) in [6, 6.07) is 5.44. The Morgan fingerprint density at radius 3 is 2.31 bits per heavy atom. The fourth-order valence-electron chi connectivity index (χ4n) is 7.74. The van der Waals surface area contributed by atoms with Crippen LogP contribution in [0.1, 0.15) is 32.8 Å². The highest BCUT2D eigenvalue weighted by molar-refractivity contribution is 9.10. The van der Waals surface area contributed by atoms with Crippen molar-refractivity contribution in [2.24, 2.45) is 5.41 Å². The number of hydrogen-bond acceptors (Lipinski definition) is 12. The van der Waals surface area contributed by atoms with E-state index in [1.54, 1.807) is 24.3 Å². The minimum atomic E-state index is -2.47. The Morgan fingerprint density at radius 2 is 1.59 bits per heavy atom. The Kier molecular flexibility index (Phi) is 4.40. The first-order chi connectivity index (χ1) is 18.3. The van der Waals surface area contributed by atoms with E-state index in [1.807, 2.05) is 20.8 Å². The average molecular weight is 592 g/mol. The molecule has 0 radical (unpaired) electrons. The van der Waals surface area contributed by atoms with Crippen LogP contribution in [0, 0.1) is 5.41 Å². The van der Waals surface area contributed by atoms with Crippen molar-refractivity contribution in [2.45, 2.75) is 78.7 Å². The largest absolute Gasteiger partial charge is 0.494 e. The third kappa shape index (κ3) is 2.23. The summed E-state index contributed by atoms with van der Waals surface area (Å²) >= 11 is 0. The number of nitrogens with one attached hydrogen (secondary N) is 1. The summed E-state index contributed by atoms with van der Waals surface area (Å²) in [5, 5.41) is 50.9. The van der Waals surface area contributed by atoms with Crippen LogP contribution < -0.4 is 5.32 Å². The van der Waals surface area contributed by atoms with Gasteiger partial charge in [-0.2, -0.15) is 0 Å². The molecule has 7 heterocycles. The number of piperazine rings is 1. The van der Waals surface area contributed by atoms with Gasteiger partial charge < -0.3 is 35.4 Å². The van der Waals surface area contributed by atoms with E-state index in [1.165, 1.54) is 0 Å². The van der Waals surface area contributed by atoms with Crippen LogP contribution in [0.25, 0.3) is 0 Å². The molecule has 5 fully saturated rings. The highest BCUT2D eigenvalue weighted by atomic mass is 33.5. The molecule has 9 atom stereocenters. The van der Waals surface area contributed by atoms with Gasteiger partial charge in [-0.1, -0.05) is 32.0 Å². The number of hydrogen-bond donors (Lipinski definition) is 5. The highest BCUT2D eigenvalue weighted by Gasteiger charge is 2.87. The Bertz CT molecular complexity index is 1470. The second-order valence-corrected chi connectivity index (χ2v) is 16.2. The fraction of sp³-hybridized carbons (Fsp3) is 0.560. The zero-order valence-electron chi connectivity index (χ0n) is 20.9. The van der Waals surface area contributed by atoms with E-state index in [9.17, 15) is 34.8 Å². The third-order valence-corrected chi connectivity index (χ3v) is 15.0. The SMILES string of the molecule is C[C@H]1OC2=C(C(=O)C3(O)C(C2)N2C(=O)[C@]45SSS[C@]2(C(=O)N4[C@@H]2Nc4ccccc4C2(O)[C@@H]5O)[C@H]3O)C1(C)C. The van der Waals surface area contributed by atoms with Gasteiger partial charge in [-0.3, -0.25) is 19.3 Å². The maximum atomic E-state index is 14.7. The topological polar surface area (TPSA) is 160 Å². The quantitative estimate of drug-likeness (QED) is 0.262. The van der Waals surface area contributed by atoms with Gasteiger partial charge >= 0.3 is 0 Å². The van der Waals surface area contributed by atoms with Crippen LogP contribution in [0.4, 0.5) is 5.69 Å². The predicted molar refractivity (Wildman–Crippen MR) is 141 cm³/mol. The van der Waals surface area contributed by atoms with Crippen molar-refractivity contribution in [1.82, 2.24) is 9.80 Å². The number of fused-ring (bicyclic) bond motifs is 6. The molecular formula is C25H25N3O8S3. The molecule has 11 nitrogen and oxygen atoms in total. The maximum Gasteiger partial charge on any atom is 0.266 e. The molecule has 7 aliphatic heterocycles. The molecule has 39 heavy (non-hydrogen) atoms. The molecule has 1 aliphatic carbocycles. The second kappa shape index (κ2) is 6.92. The molecule has 8 aliphatic rings. The zero-order valence-corrected chi connectivity index (χ0v) is 23.4. The van der Waals surface area contributed by atoms with Gasteiger partial charge in [0.2, 0.25) is 9.74 Å². The maximum absolute atomic E-state index is 14.7. The van der Waals surface area contributed by atoms with Crippen molar-refractivity contribution in [3.8, 4) is 0 Å². The monoisotopic (exact) mass is 591 g/mol. The molecule has 5 saturated heterocycles. The van der Waals surface area contributed by atoms with Crippen molar-refractivity contribution in [1.29, 1.82) is 0 Å². The van der Waals surface area contributed by atoms with Crippen LogP contribution in [-0.4, -0.2) is 93.7 Å². The van der Waals surface area contributed by atoms with Crippen LogP contribution in [0.5, 0.6) is 0 Å². The van der Waals surface area contributed by atoms with Gasteiger partial charge in [-0.05, 0) is 44.4 Å². The number of para-hydroxylation sites is 1. The van der Waals surface area contributed by atoms with Crippen molar-refractivity contribution < 1.29 is 39.5 Å². The van der Waals surface area contributed by atoms with Crippen LogP contribution in [0.2, 0.25) is 0 Å². The van der Waals surface area contributed by atoms with E-state index < -0.39 is 68.4 Å². The minimum Gasteiger partial charge on any atom is -0.494 e. The van der Waals surface area contributed by atoms with E-state index in [0.717, 1.165) is 41.2 Å². The Morgan fingerprint density at radius 1 is 0.974 bits per heavy atom. The van der Waals surface area contributed by atoms with Gasteiger partial charge in [0.1, 0.15) is 30.2 Å². The van der Waals surface area contributed by atoms with Crippen LogP contribution in [0.15, 0.2) is 35.6 Å². The Balaban J connectivity index is 1.33. The zero-order chi connectivity index (χ0) is 27.7. The number of amides is 2. The molecule has 2 amide bonds. The first kappa shape index (κ1) is 24.8. The number of carbonyl (C=O) groups excluding carboxylic acids is 3. The molecule has 2 bridgehead atoms. The molecule has 14 heteroatoms. The summed E-state index contributed by atoms with van der Waals surface area (Å²) in [6.45, 7) is 5.45. The van der Waals surface area contributed by atoms with Gasteiger partial charge in [0, 0.05) is 28.7 Å². The number of aliphatic hydroxyl groups excluding tert-OH is 2. The first-order valence-corrected chi connectivity index (χ1v) is 16.1. The molecule has 1 aromatic rings. The van der Waals surface area contributed by atoms with Crippen molar-refractivity contribution >= 4 is 54.7 Å². The number of ketones is 1. The first-order valence-electron chi connectivity index (χ1n) is 12.6. The minimum absolute atomic E-state index is 0.0833. The molecule has 1 aromatic carbocycles. The number of benzene rings is 1. The van der Waals surface area contributed by atoms with Gasteiger partial charge in [-0.25, -0.2) is 0 Å². The van der Waals surface area contributed by atoms with Gasteiger partial charge in [-0.15, -0.1) is 0 Å². The van der Waals surface area contributed by atoms with Crippen LogP contribution in [-0.2, 0) is 24.7 Å². The lowest BCUT2D eigenvalue weighted by Gasteiger charge is -2.51. The summed E-state index contributed by atoms with van der Waals surface area (Å²) < 4.78 is 6.03. The molecule has 0 aromatic heterocycles. The summed E-state index contributed by atoms with van der Waals surface area (Å²) in [5.74, 6) is -1.97. The smallest absolute Gasteiger partial charge is 0.266 e. The number of rotatable bonds is 0. The Hall–Kier alpha value is -1.94. The van der Waals surface area contributed by atoms with E-state index in [4.69, 9.17) is 4.74 Å². The van der Waals surface area contributed by atoms with E-state index in [-0.39, 0.29) is 18.1 Å². The standard InChI is InChI=1S/C25H25N3O8S3/c1-9-21(2,3)14-12(36-9)8-13-23(35,15(14)29)17(31)24-20(33)28-18-22(34,10-6-4-5-7-11(10)26-18)16(30)25(28,38-39-37-24)19(32)27(13)24/h4-7,9,13,16-18,26,30-31,34-35H,8H2,1-3H3/t9-,13?,16+,17+,18+,22?,23?,24+,25+/m1/s1. The number of nitrogens with zero attached hydrogens (tertiary/aromatic N) is 2. The van der Waals surface area contributed by atoms with Crippen molar-refractivity contribution in [3.63, 3.8) is 0 Å². The van der Waals surface area contributed by atoms with E-state index in [0.29, 0.717) is 17.0 Å². The lowest BCUT2D eigenvalue weighted by atomic mass is 9.68. The number of anilines is 1. The van der Waals surface area contributed by atoms with Gasteiger partial charge in [0.05, 0.1) is 6.04 Å². The number of aliphatic hydroxyl groups is 4. The third-order valence-electron chi connectivity index (χ3n) is 10.0. The molecule has 2 spiro atoms. The van der Waals surface area contributed by atoms with E-state index in [2.05, 4.69) is 5.32 Å². The van der Waals surface area contributed by atoms with Crippen LogP contribution in [0.3, 0.4) is 0 Å². The molecular weight excluding hydrogens is 566 g/mol. The highest BCUT2D eigenvalue weighted by Crippen LogP contribution is 2.72. The molecule has 0 saturated carbocycles. The van der Waals surface area contributed by atoms with Crippen LogP contribution >= 0.6 is 31.4 Å². The number of ether oxygens (including phenoxy) is 1. The van der Waals surface area contributed by atoms with E-state index >= 15 is 0 Å². The summed E-state index contributed by atoms with van der Waals surface area (Å²) in [7, 11) is 2.82. The Labute approximate surface area is 234 Å². The average Bonchev–Trinajstić information content (AvgIpc) is 3.37. The molecule has 5 N–H and O–H groups in total. The summed E-state index contributed by atoms with van der Waals surface area (Å²) in [6.07, 6.45) is -5.44. The normalized spacial score (nSPS) is 48.2. The van der Waals surface area contributed by atoms with Gasteiger partial charge in [0.15, 0.2) is 17.0 Å². The molecule has 9 rings (SSSR count). The van der Waals surface area contributed by atoms with Crippen molar-refractivity contribution in [3.05, 3.63) is 41.2 Å².